The van der Waals surface area contributed by atoms with E-state index in [0.717, 1.165) is 0 Å². The molecule has 0 unspecified atom stereocenters. The summed E-state index contributed by atoms with van der Waals surface area (Å²) in [4.78, 5) is 10.8. The molecule has 0 saturated heterocycles. The second-order valence-corrected chi connectivity index (χ2v) is 5.37. The molecule has 0 fully saturated rings. The van der Waals surface area contributed by atoms with Crippen molar-refractivity contribution in [3.8, 4) is 0 Å². The summed E-state index contributed by atoms with van der Waals surface area (Å²) in [6.07, 6.45) is 0. The molecule has 0 aliphatic carbocycles. The number of benzene rings is 1. The van der Waals surface area contributed by atoms with Gasteiger partial charge in [0.25, 0.3) is 0 Å². The first-order valence-electron chi connectivity index (χ1n) is 4.97. The molecule has 100 valence electrons. The molecule has 1 aromatic heterocycles. The van der Waals surface area contributed by atoms with E-state index in [9.17, 15) is 0 Å². The first-order chi connectivity index (χ1) is 8.95. The Kier molecular flexibility index (Phi) is 4.52. The zero-order valence-corrected chi connectivity index (χ0v) is 12.3. The molecule has 0 bridgehead atoms. The van der Waals surface area contributed by atoms with E-state index < -0.39 is 4.84 Å². The molecular weight excluding hydrogens is 332 g/mol. The molecule has 0 saturated carbocycles. The van der Waals surface area contributed by atoms with Crippen molar-refractivity contribution in [1.29, 1.82) is 0 Å². The standard InChI is InChI=1S/C10H7Cl4N5/c11-4-1-2-6(5(12)3-4)16-10-18-8(7(13)14)17-9(15)19-10/h1-3,7H,(H3,15,16,17,18,19). The zero-order chi connectivity index (χ0) is 14.0. The van der Waals surface area contributed by atoms with Gasteiger partial charge in [0.2, 0.25) is 11.9 Å². The topological polar surface area (TPSA) is 76.7 Å². The van der Waals surface area contributed by atoms with E-state index in [2.05, 4.69) is 20.3 Å². The number of halogens is 4. The summed E-state index contributed by atoms with van der Waals surface area (Å²) in [5.74, 6) is 0.352. The van der Waals surface area contributed by atoms with Gasteiger partial charge in [-0.2, -0.15) is 15.0 Å². The van der Waals surface area contributed by atoms with Gasteiger partial charge in [0.05, 0.1) is 10.7 Å². The summed E-state index contributed by atoms with van der Waals surface area (Å²) < 4.78 is 0. The van der Waals surface area contributed by atoms with Crippen molar-refractivity contribution in [2.24, 2.45) is 0 Å². The molecule has 1 heterocycles. The van der Waals surface area contributed by atoms with E-state index in [-0.39, 0.29) is 17.7 Å². The number of nitrogens with two attached hydrogens (primary N) is 1. The van der Waals surface area contributed by atoms with Gasteiger partial charge in [-0.15, -0.1) is 0 Å². The number of nitrogens with zero attached hydrogens (tertiary/aromatic N) is 3. The van der Waals surface area contributed by atoms with E-state index in [1.54, 1.807) is 18.2 Å². The highest BCUT2D eigenvalue weighted by Gasteiger charge is 2.12. The molecule has 3 N–H and O–H groups in total. The number of hydrogen-bond acceptors (Lipinski definition) is 5. The van der Waals surface area contributed by atoms with Crippen LogP contribution >= 0.6 is 46.4 Å². The molecule has 19 heavy (non-hydrogen) atoms. The largest absolute Gasteiger partial charge is 0.368 e. The molecule has 0 aliphatic rings. The SMILES string of the molecule is Nc1nc(Nc2ccc(Cl)cc2Cl)nc(C(Cl)Cl)n1. The van der Waals surface area contributed by atoms with E-state index in [1.807, 2.05) is 0 Å². The molecular formula is C10H7Cl4N5. The Morgan fingerprint density at radius 2 is 1.84 bits per heavy atom. The van der Waals surface area contributed by atoms with Crippen LogP contribution < -0.4 is 11.1 Å². The summed E-state index contributed by atoms with van der Waals surface area (Å²) in [5.41, 5.74) is 6.11. The van der Waals surface area contributed by atoms with Crippen molar-refractivity contribution in [2.45, 2.75) is 4.84 Å². The molecule has 9 heteroatoms. The van der Waals surface area contributed by atoms with Crippen molar-refractivity contribution < 1.29 is 0 Å². The minimum absolute atomic E-state index is 0.00360. The first-order valence-corrected chi connectivity index (χ1v) is 6.60. The number of nitrogen functional groups attached to an aromatic ring is 1. The van der Waals surface area contributed by atoms with Crippen molar-refractivity contribution >= 4 is 64.0 Å². The summed E-state index contributed by atoms with van der Waals surface area (Å²) in [5, 5.41) is 3.82. The highest BCUT2D eigenvalue weighted by molar-refractivity contribution is 6.43. The van der Waals surface area contributed by atoms with Crippen LogP contribution in [0.1, 0.15) is 10.7 Å². The molecule has 0 radical (unpaired) electrons. The van der Waals surface area contributed by atoms with Crippen LogP contribution in [0.4, 0.5) is 17.6 Å². The molecule has 0 spiro atoms. The van der Waals surface area contributed by atoms with Crippen LogP contribution in [0.5, 0.6) is 0 Å². The third kappa shape index (κ3) is 3.73. The number of alkyl halides is 2. The Morgan fingerprint density at radius 3 is 2.47 bits per heavy atom. The van der Waals surface area contributed by atoms with Crippen molar-refractivity contribution in [3.63, 3.8) is 0 Å². The van der Waals surface area contributed by atoms with Gasteiger partial charge < -0.3 is 11.1 Å². The highest BCUT2D eigenvalue weighted by Crippen LogP contribution is 2.28. The lowest BCUT2D eigenvalue weighted by Crippen LogP contribution is -2.07. The lowest BCUT2D eigenvalue weighted by Gasteiger charge is -2.09. The minimum atomic E-state index is -0.897. The van der Waals surface area contributed by atoms with Crippen LogP contribution in [0.3, 0.4) is 0 Å². The quantitative estimate of drug-likeness (QED) is 0.828. The second kappa shape index (κ2) is 5.96. The number of rotatable bonds is 3. The fourth-order valence-electron chi connectivity index (χ4n) is 1.27. The Balaban J connectivity index is 2.32. The van der Waals surface area contributed by atoms with E-state index >= 15 is 0 Å². The van der Waals surface area contributed by atoms with Gasteiger partial charge in [-0.25, -0.2) is 0 Å². The van der Waals surface area contributed by atoms with Gasteiger partial charge in [0.15, 0.2) is 10.7 Å². The number of anilines is 3. The first kappa shape index (κ1) is 14.4. The summed E-state index contributed by atoms with van der Waals surface area (Å²) in [6, 6.07) is 4.94. The average molecular weight is 339 g/mol. The average Bonchev–Trinajstić information content (AvgIpc) is 2.32. The molecule has 0 atom stereocenters. The third-order valence-corrected chi connectivity index (χ3v) is 2.98. The summed E-state index contributed by atoms with van der Waals surface area (Å²) in [7, 11) is 0. The Hall–Kier alpha value is -1.01. The van der Waals surface area contributed by atoms with Crippen LogP contribution in [-0.2, 0) is 0 Å². The Labute approximate surface area is 129 Å². The predicted octanol–water partition coefficient (Wildman–Crippen LogP) is 3.98. The van der Waals surface area contributed by atoms with Gasteiger partial charge in [-0.3, -0.25) is 0 Å². The number of nitrogens with one attached hydrogen (secondary N) is 1. The fraction of sp³-hybridized carbons (Fsp3) is 0.100. The van der Waals surface area contributed by atoms with Gasteiger partial charge in [-0.1, -0.05) is 46.4 Å². The lowest BCUT2D eigenvalue weighted by molar-refractivity contribution is 0.966. The Bertz CT molecular complexity index is 604. The van der Waals surface area contributed by atoms with Crippen LogP contribution in [0.25, 0.3) is 0 Å². The predicted molar refractivity (Wildman–Crippen MR) is 78.4 cm³/mol. The maximum absolute atomic E-state index is 6.02. The maximum atomic E-state index is 6.02. The van der Waals surface area contributed by atoms with Gasteiger partial charge in [-0.05, 0) is 18.2 Å². The molecule has 1 aromatic carbocycles. The summed E-state index contributed by atoms with van der Waals surface area (Å²) in [6.45, 7) is 0. The second-order valence-electron chi connectivity index (χ2n) is 3.43. The Morgan fingerprint density at radius 1 is 1.11 bits per heavy atom. The van der Waals surface area contributed by atoms with E-state index in [1.165, 1.54) is 0 Å². The monoisotopic (exact) mass is 337 g/mol. The van der Waals surface area contributed by atoms with Gasteiger partial charge in [0.1, 0.15) is 0 Å². The van der Waals surface area contributed by atoms with Gasteiger partial charge >= 0.3 is 0 Å². The van der Waals surface area contributed by atoms with Crippen molar-refractivity contribution in [2.75, 3.05) is 11.1 Å². The molecule has 2 rings (SSSR count). The smallest absolute Gasteiger partial charge is 0.232 e. The minimum Gasteiger partial charge on any atom is -0.368 e. The van der Waals surface area contributed by atoms with E-state index in [0.29, 0.717) is 15.7 Å². The molecule has 2 aromatic rings. The van der Waals surface area contributed by atoms with Crippen LogP contribution in [0.2, 0.25) is 10.0 Å². The lowest BCUT2D eigenvalue weighted by atomic mass is 10.3. The van der Waals surface area contributed by atoms with E-state index in [4.69, 9.17) is 52.1 Å². The number of hydrogen-bond donors (Lipinski definition) is 2. The molecule has 5 nitrogen and oxygen atoms in total. The summed E-state index contributed by atoms with van der Waals surface area (Å²) >= 11 is 23.2. The van der Waals surface area contributed by atoms with Crippen LogP contribution in [0.15, 0.2) is 18.2 Å². The van der Waals surface area contributed by atoms with Crippen molar-refractivity contribution in [3.05, 3.63) is 34.1 Å². The number of aromatic nitrogens is 3. The fourth-order valence-corrected chi connectivity index (χ4v) is 1.93. The third-order valence-electron chi connectivity index (χ3n) is 2.04. The van der Waals surface area contributed by atoms with Crippen LogP contribution in [0, 0.1) is 0 Å². The zero-order valence-electron chi connectivity index (χ0n) is 9.24. The molecule has 0 aliphatic heterocycles. The maximum Gasteiger partial charge on any atom is 0.232 e. The molecule has 0 amide bonds. The van der Waals surface area contributed by atoms with Crippen LogP contribution in [-0.4, -0.2) is 15.0 Å². The normalized spacial score (nSPS) is 10.8. The van der Waals surface area contributed by atoms with Gasteiger partial charge in [0, 0.05) is 5.02 Å². The van der Waals surface area contributed by atoms with Crippen molar-refractivity contribution in [1.82, 2.24) is 15.0 Å². The highest BCUT2D eigenvalue weighted by atomic mass is 35.5.